The standard InChI is InChI=1S/C10H6FNO4/c11-16-8-5-6-3-1-2-4-7(6)12(9(8)13)10(14)15/h1-5H,(H,14,15). The fourth-order valence-electron chi connectivity index (χ4n) is 1.48. The second-order valence-corrected chi connectivity index (χ2v) is 3.07. The van der Waals surface area contributed by atoms with Gasteiger partial charge in [-0.05, 0) is 12.1 Å². The molecule has 1 heterocycles. The summed E-state index contributed by atoms with van der Waals surface area (Å²) in [5, 5.41) is 9.27. The third kappa shape index (κ3) is 1.40. The average Bonchev–Trinajstić information content (AvgIpc) is 2.27. The number of fused-ring (bicyclic) bond motifs is 1. The lowest BCUT2D eigenvalue weighted by Crippen LogP contribution is -2.26. The molecule has 0 saturated heterocycles. The van der Waals surface area contributed by atoms with Crippen molar-refractivity contribution in [3.05, 3.63) is 40.7 Å². The first-order valence-corrected chi connectivity index (χ1v) is 4.32. The van der Waals surface area contributed by atoms with E-state index in [1.807, 2.05) is 0 Å². The monoisotopic (exact) mass is 223 g/mol. The van der Waals surface area contributed by atoms with Crippen LogP contribution < -0.4 is 10.5 Å². The molecule has 0 fully saturated rings. The zero-order valence-corrected chi connectivity index (χ0v) is 7.88. The fourth-order valence-corrected chi connectivity index (χ4v) is 1.48. The Morgan fingerprint density at radius 3 is 2.69 bits per heavy atom. The molecule has 6 heteroatoms. The molecule has 1 N–H and O–H groups in total. The average molecular weight is 223 g/mol. The largest absolute Gasteiger partial charge is 0.464 e. The van der Waals surface area contributed by atoms with E-state index >= 15 is 0 Å². The van der Waals surface area contributed by atoms with Gasteiger partial charge in [0.2, 0.25) is 5.75 Å². The molecule has 16 heavy (non-hydrogen) atoms. The van der Waals surface area contributed by atoms with Crippen LogP contribution in [-0.2, 0) is 0 Å². The van der Waals surface area contributed by atoms with Crippen molar-refractivity contribution in [2.24, 2.45) is 0 Å². The zero-order chi connectivity index (χ0) is 11.7. The summed E-state index contributed by atoms with van der Waals surface area (Å²) in [5.41, 5.74) is -0.866. The summed E-state index contributed by atoms with van der Waals surface area (Å²) in [5.74, 6) is -0.652. The molecule has 0 saturated carbocycles. The van der Waals surface area contributed by atoms with Gasteiger partial charge in [0.1, 0.15) is 0 Å². The summed E-state index contributed by atoms with van der Waals surface area (Å²) in [6, 6.07) is 7.37. The van der Waals surface area contributed by atoms with Gasteiger partial charge in [0.25, 0.3) is 0 Å². The molecule has 0 amide bonds. The van der Waals surface area contributed by atoms with E-state index in [0.717, 1.165) is 6.07 Å². The van der Waals surface area contributed by atoms with Gasteiger partial charge in [0, 0.05) is 9.91 Å². The van der Waals surface area contributed by atoms with Gasteiger partial charge in [-0.1, -0.05) is 18.2 Å². The van der Waals surface area contributed by atoms with Crippen LogP contribution in [0.15, 0.2) is 35.1 Å². The lowest BCUT2D eigenvalue weighted by molar-refractivity contribution is -0.00818. The van der Waals surface area contributed by atoms with Crippen LogP contribution in [0, 0.1) is 0 Å². The van der Waals surface area contributed by atoms with Crippen molar-refractivity contribution in [3.63, 3.8) is 0 Å². The number of hydrogen-bond donors (Lipinski definition) is 1. The van der Waals surface area contributed by atoms with Crippen molar-refractivity contribution in [1.82, 2.24) is 4.57 Å². The highest BCUT2D eigenvalue weighted by atomic mass is 19.3. The molecule has 0 atom stereocenters. The number of nitrogens with zero attached hydrogens (tertiary/aromatic N) is 1. The molecule has 0 radical (unpaired) electrons. The number of rotatable bonds is 1. The molecule has 0 aliphatic heterocycles. The molecule has 5 nitrogen and oxygen atoms in total. The van der Waals surface area contributed by atoms with Crippen molar-refractivity contribution in [1.29, 1.82) is 0 Å². The number of aromatic nitrogens is 1. The highest BCUT2D eigenvalue weighted by Crippen LogP contribution is 2.16. The molecule has 2 aromatic rings. The Balaban J connectivity index is 2.97. The van der Waals surface area contributed by atoms with E-state index in [2.05, 4.69) is 4.94 Å². The van der Waals surface area contributed by atoms with Crippen molar-refractivity contribution >= 4 is 17.0 Å². The molecule has 0 bridgehead atoms. The number of para-hydroxylation sites is 1. The van der Waals surface area contributed by atoms with Gasteiger partial charge in [0.15, 0.2) is 0 Å². The number of hydrogen-bond acceptors (Lipinski definition) is 3. The number of carboxylic acid groups (broad SMARTS) is 1. The topological polar surface area (TPSA) is 68.5 Å². The van der Waals surface area contributed by atoms with Crippen molar-refractivity contribution < 1.29 is 19.4 Å². The summed E-state index contributed by atoms with van der Waals surface area (Å²) >= 11 is 0. The van der Waals surface area contributed by atoms with Crippen LogP contribution in [0.5, 0.6) is 5.75 Å². The maximum atomic E-state index is 12.1. The van der Waals surface area contributed by atoms with Crippen molar-refractivity contribution in [2.75, 3.05) is 0 Å². The van der Waals surface area contributed by atoms with E-state index in [9.17, 15) is 14.1 Å². The van der Waals surface area contributed by atoms with Crippen LogP contribution in [0.1, 0.15) is 0 Å². The van der Waals surface area contributed by atoms with Crippen LogP contribution in [-0.4, -0.2) is 15.8 Å². The van der Waals surface area contributed by atoms with Gasteiger partial charge in [-0.15, -0.1) is 0 Å². The van der Waals surface area contributed by atoms with Gasteiger partial charge >= 0.3 is 11.7 Å². The molecular formula is C10H6FNO4. The molecule has 0 spiro atoms. The van der Waals surface area contributed by atoms with E-state index in [0.29, 0.717) is 9.95 Å². The molecular weight excluding hydrogens is 217 g/mol. The minimum absolute atomic E-state index is 0.181. The minimum Gasteiger partial charge on any atom is -0.464 e. The third-order valence-corrected chi connectivity index (χ3v) is 2.15. The summed E-state index contributed by atoms with van der Waals surface area (Å²) in [6.07, 6.45) is -1.49. The van der Waals surface area contributed by atoms with Crippen LogP contribution in [0.2, 0.25) is 0 Å². The number of pyridine rings is 1. The first-order chi connectivity index (χ1) is 7.65. The first kappa shape index (κ1) is 10.2. The van der Waals surface area contributed by atoms with Crippen LogP contribution in [0.25, 0.3) is 10.9 Å². The SMILES string of the molecule is O=C(O)n1c(=O)c(OF)cc2ccccc21. The summed E-state index contributed by atoms with van der Waals surface area (Å²) in [6.45, 7) is 0. The van der Waals surface area contributed by atoms with Gasteiger partial charge in [-0.25, -0.2) is 9.36 Å². The fraction of sp³-hybridized carbons (Fsp3) is 0. The molecule has 82 valence electrons. The highest BCUT2D eigenvalue weighted by molar-refractivity contribution is 5.88. The molecule has 1 aromatic carbocycles. The minimum atomic E-state index is -1.49. The predicted octanol–water partition coefficient (Wildman–Crippen LogP) is 1.79. The van der Waals surface area contributed by atoms with E-state index in [4.69, 9.17) is 5.11 Å². The Hall–Kier alpha value is -2.37. The Labute approximate surface area is 88.2 Å². The van der Waals surface area contributed by atoms with Gasteiger partial charge in [-0.3, -0.25) is 9.74 Å². The van der Waals surface area contributed by atoms with Gasteiger partial charge in [0.05, 0.1) is 5.52 Å². The number of benzene rings is 1. The zero-order valence-electron chi connectivity index (χ0n) is 7.88. The Kier molecular flexibility index (Phi) is 2.32. The lowest BCUT2D eigenvalue weighted by atomic mass is 10.2. The maximum Gasteiger partial charge on any atom is 0.419 e. The van der Waals surface area contributed by atoms with Crippen LogP contribution in [0.4, 0.5) is 9.32 Å². The van der Waals surface area contributed by atoms with E-state index in [-0.39, 0.29) is 5.52 Å². The van der Waals surface area contributed by atoms with Gasteiger partial charge < -0.3 is 5.11 Å². The molecule has 0 aliphatic rings. The van der Waals surface area contributed by atoms with Crippen LogP contribution in [0.3, 0.4) is 0 Å². The van der Waals surface area contributed by atoms with Crippen molar-refractivity contribution in [3.8, 4) is 5.75 Å². The molecule has 1 aromatic heterocycles. The number of halogens is 1. The normalized spacial score (nSPS) is 10.3. The quantitative estimate of drug-likeness (QED) is 0.800. The van der Waals surface area contributed by atoms with Gasteiger partial charge in [-0.2, -0.15) is 0 Å². The predicted molar refractivity (Wildman–Crippen MR) is 53.4 cm³/mol. The third-order valence-electron chi connectivity index (χ3n) is 2.15. The van der Waals surface area contributed by atoms with Crippen LogP contribution >= 0.6 is 0 Å². The molecule has 0 unspecified atom stereocenters. The van der Waals surface area contributed by atoms with Crippen molar-refractivity contribution in [2.45, 2.75) is 0 Å². The summed E-state index contributed by atoms with van der Waals surface area (Å²) in [7, 11) is 0. The number of carbonyl (C=O) groups is 1. The smallest absolute Gasteiger partial charge is 0.419 e. The first-order valence-electron chi connectivity index (χ1n) is 4.32. The Bertz CT molecular complexity index is 620. The second kappa shape index (κ2) is 3.65. The van der Waals surface area contributed by atoms with E-state index in [1.165, 1.54) is 6.07 Å². The van der Waals surface area contributed by atoms with E-state index in [1.54, 1.807) is 18.2 Å². The Morgan fingerprint density at radius 1 is 1.38 bits per heavy atom. The highest BCUT2D eigenvalue weighted by Gasteiger charge is 2.15. The van der Waals surface area contributed by atoms with E-state index < -0.39 is 17.4 Å². The summed E-state index contributed by atoms with van der Waals surface area (Å²) < 4.78 is 12.5. The summed E-state index contributed by atoms with van der Waals surface area (Å²) in [4.78, 5) is 25.7. The molecule has 2 rings (SSSR count). The Morgan fingerprint density at radius 2 is 2.06 bits per heavy atom. The second-order valence-electron chi connectivity index (χ2n) is 3.07. The molecule has 0 aliphatic carbocycles. The maximum absolute atomic E-state index is 12.1. The lowest BCUT2D eigenvalue weighted by Gasteiger charge is -2.05.